The van der Waals surface area contributed by atoms with E-state index in [1.54, 1.807) is 60.4 Å². The van der Waals surface area contributed by atoms with Gasteiger partial charge in [0, 0.05) is 25.2 Å². The predicted molar refractivity (Wildman–Crippen MR) is 145 cm³/mol. The van der Waals surface area contributed by atoms with Gasteiger partial charge in [0.2, 0.25) is 0 Å². The molecular weight excluding hydrogens is 495 g/mol. The second-order valence-corrected chi connectivity index (χ2v) is 9.13. The number of nitrogens with zero attached hydrogens (tertiary/aromatic N) is 1. The van der Waals surface area contributed by atoms with Crippen molar-refractivity contribution in [1.29, 1.82) is 0 Å². The average molecular weight is 526 g/mol. The van der Waals surface area contributed by atoms with Gasteiger partial charge in [-0.25, -0.2) is 9.59 Å². The van der Waals surface area contributed by atoms with Gasteiger partial charge in [-0.15, -0.1) is 0 Å². The van der Waals surface area contributed by atoms with Crippen LogP contribution < -0.4 is 15.5 Å². The number of aromatic carboxylic acids is 1. The van der Waals surface area contributed by atoms with E-state index in [1.165, 1.54) is 6.07 Å². The molecule has 9 heteroatoms. The van der Waals surface area contributed by atoms with Crippen molar-refractivity contribution >= 4 is 29.1 Å². The fourth-order valence-corrected chi connectivity index (χ4v) is 4.00. The number of carboxylic acid groups (broad SMARTS) is 1. The second kappa shape index (κ2) is 12.3. The molecule has 6 nitrogen and oxygen atoms in total. The number of rotatable bonds is 10. The minimum absolute atomic E-state index is 0.0751. The fraction of sp³-hybridized carbons (Fsp3) is 0.241. The van der Waals surface area contributed by atoms with Crippen molar-refractivity contribution in [3.05, 3.63) is 90.0 Å². The third kappa shape index (κ3) is 8.12. The number of urea groups is 1. The van der Waals surface area contributed by atoms with E-state index in [0.717, 1.165) is 11.1 Å². The number of halogens is 3. The summed E-state index contributed by atoms with van der Waals surface area (Å²) in [4.78, 5) is 26.4. The molecule has 0 atom stereocenters. The summed E-state index contributed by atoms with van der Waals surface area (Å²) in [6, 6.07) is 18.1. The van der Waals surface area contributed by atoms with Gasteiger partial charge in [-0.1, -0.05) is 54.1 Å². The Balaban J connectivity index is 2.01. The van der Waals surface area contributed by atoms with Gasteiger partial charge in [0.15, 0.2) is 0 Å². The van der Waals surface area contributed by atoms with Crippen LogP contribution in [0.4, 0.5) is 35.0 Å². The molecule has 200 valence electrons. The van der Waals surface area contributed by atoms with Crippen molar-refractivity contribution in [2.45, 2.75) is 32.9 Å². The highest BCUT2D eigenvalue weighted by Gasteiger charge is 2.27. The molecule has 0 heterocycles. The molecule has 0 saturated heterocycles. The largest absolute Gasteiger partial charge is 0.478 e. The third-order valence-corrected chi connectivity index (χ3v) is 5.71. The van der Waals surface area contributed by atoms with Gasteiger partial charge in [-0.2, -0.15) is 13.2 Å². The Labute approximate surface area is 219 Å². The summed E-state index contributed by atoms with van der Waals surface area (Å²) in [7, 11) is 0. The molecule has 0 saturated carbocycles. The lowest BCUT2D eigenvalue weighted by Crippen LogP contribution is -2.29. The summed E-state index contributed by atoms with van der Waals surface area (Å²) in [5.41, 5.74) is 4.18. The predicted octanol–water partition coefficient (Wildman–Crippen LogP) is 7.73. The Morgan fingerprint density at radius 1 is 1.00 bits per heavy atom. The minimum Gasteiger partial charge on any atom is -0.478 e. The van der Waals surface area contributed by atoms with Gasteiger partial charge in [-0.3, -0.25) is 0 Å². The van der Waals surface area contributed by atoms with Gasteiger partial charge < -0.3 is 20.6 Å². The first-order chi connectivity index (χ1) is 17.9. The molecule has 0 aliphatic carbocycles. The molecule has 0 unspecified atom stereocenters. The van der Waals surface area contributed by atoms with Crippen molar-refractivity contribution in [2.24, 2.45) is 0 Å². The highest BCUT2D eigenvalue weighted by Crippen LogP contribution is 2.34. The smallest absolute Gasteiger partial charge is 0.389 e. The molecule has 38 heavy (non-hydrogen) atoms. The third-order valence-electron chi connectivity index (χ3n) is 5.71. The SMILES string of the molecule is C=C(C)CN(CCCC(F)(F)F)c1ccc(-c2ccccc2C(=O)O)cc1NC(=O)Nc1ccc(C)cc1. The van der Waals surface area contributed by atoms with Gasteiger partial charge >= 0.3 is 18.2 Å². The number of alkyl halides is 3. The summed E-state index contributed by atoms with van der Waals surface area (Å²) >= 11 is 0. The molecule has 3 N–H and O–H groups in total. The lowest BCUT2D eigenvalue weighted by atomic mass is 9.98. The number of amides is 2. The van der Waals surface area contributed by atoms with Crippen LogP contribution in [0.1, 0.15) is 35.7 Å². The van der Waals surface area contributed by atoms with Crippen LogP contribution in [0.2, 0.25) is 0 Å². The molecule has 3 rings (SSSR count). The fourth-order valence-electron chi connectivity index (χ4n) is 4.00. The molecule has 3 aromatic carbocycles. The molecule has 0 bridgehead atoms. The molecule has 2 amide bonds. The van der Waals surface area contributed by atoms with E-state index < -0.39 is 24.6 Å². The van der Waals surface area contributed by atoms with E-state index >= 15 is 0 Å². The number of benzene rings is 3. The Hall–Kier alpha value is -4.27. The van der Waals surface area contributed by atoms with E-state index in [2.05, 4.69) is 17.2 Å². The van der Waals surface area contributed by atoms with E-state index in [0.29, 0.717) is 28.2 Å². The van der Waals surface area contributed by atoms with E-state index in [-0.39, 0.29) is 25.1 Å². The lowest BCUT2D eigenvalue weighted by molar-refractivity contribution is -0.135. The van der Waals surface area contributed by atoms with Crippen LogP contribution in [0.3, 0.4) is 0 Å². The Morgan fingerprint density at radius 3 is 2.32 bits per heavy atom. The number of hydrogen-bond acceptors (Lipinski definition) is 3. The Morgan fingerprint density at radius 2 is 1.68 bits per heavy atom. The topological polar surface area (TPSA) is 81.7 Å². The van der Waals surface area contributed by atoms with Crippen LogP contribution in [0.5, 0.6) is 0 Å². The van der Waals surface area contributed by atoms with Crippen molar-refractivity contribution < 1.29 is 27.9 Å². The average Bonchev–Trinajstić information content (AvgIpc) is 2.84. The summed E-state index contributed by atoms with van der Waals surface area (Å²) in [5, 5.41) is 15.2. The zero-order chi connectivity index (χ0) is 27.9. The first-order valence-corrected chi connectivity index (χ1v) is 12.0. The summed E-state index contributed by atoms with van der Waals surface area (Å²) in [6.45, 7) is 7.94. The molecule has 0 aromatic heterocycles. The highest BCUT2D eigenvalue weighted by atomic mass is 19.4. The number of carbonyl (C=O) groups is 2. The molecule has 0 aliphatic heterocycles. The molecule has 0 radical (unpaired) electrons. The van der Waals surface area contributed by atoms with Crippen LogP contribution in [0.15, 0.2) is 78.9 Å². The molecule has 0 fully saturated rings. The van der Waals surface area contributed by atoms with Crippen molar-refractivity contribution in [2.75, 3.05) is 28.6 Å². The maximum atomic E-state index is 12.9. The summed E-state index contributed by atoms with van der Waals surface area (Å²) < 4.78 is 38.5. The summed E-state index contributed by atoms with van der Waals surface area (Å²) in [6.07, 6.45) is -5.37. The number of hydrogen-bond donors (Lipinski definition) is 3. The Kier molecular flexibility index (Phi) is 9.17. The monoisotopic (exact) mass is 525 g/mol. The molecule has 0 spiro atoms. The van der Waals surface area contributed by atoms with Crippen LogP contribution in [-0.4, -0.2) is 36.4 Å². The molecule has 3 aromatic rings. The number of nitrogens with one attached hydrogen (secondary N) is 2. The van der Waals surface area contributed by atoms with Crippen molar-refractivity contribution in [3.63, 3.8) is 0 Å². The van der Waals surface area contributed by atoms with E-state index in [4.69, 9.17) is 0 Å². The lowest BCUT2D eigenvalue weighted by Gasteiger charge is -2.28. The first-order valence-electron chi connectivity index (χ1n) is 12.0. The number of carbonyl (C=O) groups excluding carboxylic acids is 1. The van der Waals surface area contributed by atoms with Crippen molar-refractivity contribution in [3.8, 4) is 11.1 Å². The normalized spacial score (nSPS) is 11.1. The Bertz CT molecular complexity index is 1300. The highest BCUT2D eigenvalue weighted by molar-refractivity contribution is 6.03. The second-order valence-electron chi connectivity index (χ2n) is 9.13. The maximum absolute atomic E-state index is 12.9. The van der Waals surface area contributed by atoms with Gasteiger partial charge in [-0.05, 0) is 61.7 Å². The van der Waals surface area contributed by atoms with Crippen molar-refractivity contribution in [1.82, 2.24) is 0 Å². The number of carboxylic acids is 1. The quantitative estimate of drug-likeness (QED) is 0.237. The zero-order valence-electron chi connectivity index (χ0n) is 21.2. The number of anilines is 3. The zero-order valence-corrected chi connectivity index (χ0v) is 21.2. The number of aryl methyl sites for hydroxylation is 1. The molecule has 0 aliphatic rings. The van der Waals surface area contributed by atoms with Crippen LogP contribution in [0, 0.1) is 6.92 Å². The van der Waals surface area contributed by atoms with Crippen LogP contribution >= 0.6 is 0 Å². The maximum Gasteiger partial charge on any atom is 0.389 e. The first kappa shape index (κ1) is 28.3. The van der Waals surface area contributed by atoms with Crippen LogP contribution in [0.25, 0.3) is 11.1 Å². The molecular formula is C29H30F3N3O3. The van der Waals surface area contributed by atoms with Gasteiger partial charge in [0.25, 0.3) is 0 Å². The van der Waals surface area contributed by atoms with Crippen LogP contribution in [-0.2, 0) is 0 Å². The van der Waals surface area contributed by atoms with E-state index in [9.17, 15) is 27.9 Å². The van der Waals surface area contributed by atoms with Gasteiger partial charge in [0.1, 0.15) is 0 Å². The standard InChI is InChI=1S/C29H30F3N3O3/c1-19(2)18-35(16-6-15-29(30,31)32)26-14-11-21(23-7-4-5-8-24(23)27(36)37)17-25(26)34-28(38)33-22-12-9-20(3)10-13-22/h4-5,7-14,17H,1,6,15-16,18H2,2-3H3,(H,36,37)(H2,33,34,38). The van der Waals surface area contributed by atoms with Gasteiger partial charge in [0.05, 0.1) is 16.9 Å². The minimum atomic E-state index is -4.28. The van der Waals surface area contributed by atoms with E-state index in [1.807, 2.05) is 19.1 Å². The summed E-state index contributed by atoms with van der Waals surface area (Å²) in [5.74, 6) is -1.10.